The van der Waals surface area contributed by atoms with E-state index in [2.05, 4.69) is 9.88 Å². The van der Waals surface area contributed by atoms with Gasteiger partial charge in [0.1, 0.15) is 11.5 Å². The van der Waals surface area contributed by atoms with E-state index in [4.69, 9.17) is 9.26 Å². The summed E-state index contributed by atoms with van der Waals surface area (Å²) in [6, 6.07) is 7.89. The predicted molar refractivity (Wildman–Crippen MR) is 76.8 cm³/mol. The summed E-state index contributed by atoms with van der Waals surface area (Å²) in [6.07, 6.45) is 3.59. The second-order valence-corrected chi connectivity index (χ2v) is 6.75. The van der Waals surface area contributed by atoms with E-state index >= 15 is 0 Å². The molecular formula is C14H16N2O4S. The van der Waals surface area contributed by atoms with Crippen molar-refractivity contribution in [2.75, 3.05) is 4.72 Å². The summed E-state index contributed by atoms with van der Waals surface area (Å²) in [5.74, 6) is 1.40. The van der Waals surface area contributed by atoms with E-state index in [1.54, 1.807) is 19.1 Å². The molecule has 0 aliphatic heterocycles. The molecule has 0 saturated heterocycles. The van der Waals surface area contributed by atoms with Gasteiger partial charge in [0.25, 0.3) is 10.0 Å². The Balaban J connectivity index is 1.72. The molecule has 112 valence electrons. The minimum Gasteiger partial charge on any atom is -0.490 e. The van der Waals surface area contributed by atoms with Crippen LogP contribution >= 0.6 is 0 Å². The molecule has 0 unspecified atom stereocenters. The molecule has 2 aromatic rings. The summed E-state index contributed by atoms with van der Waals surface area (Å²) in [4.78, 5) is 0.157. The van der Waals surface area contributed by atoms with Gasteiger partial charge in [0, 0.05) is 6.07 Å². The lowest BCUT2D eigenvalue weighted by Crippen LogP contribution is -2.24. The Morgan fingerprint density at radius 3 is 2.52 bits per heavy atom. The van der Waals surface area contributed by atoms with Gasteiger partial charge in [-0.25, -0.2) is 8.42 Å². The number of nitrogens with zero attached hydrogens (tertiary/aromatic N) is 1. The van der Waals surface area contributed by atoms with E-state index in [0.29, 0.717) is 11.5 Å². The molecule has 3 rings (SSSR count). The van der Waals surface area contributed by atoms with Crippen LogP contribution in [0.5, 0.6) is 5.75 Å². The number of aromatic nitrogens is 1. The summed E-state index contributed by atoms with van der Waals surface area (Å²) in [7, 11) is -3.66. The van der Waals surface area contributed by atoms with Crippen molar-refractivity contribution >= 4 is 15.8 Å². The van der Waals surface area contributed by atoms with Gasteiger partial charge >= 0.3 is 0 Å². The Hall–Kier alpha value is -2.02. The van der Waals surface area contributed by atoms with Crippen LogP contribution in [0.3, 0.4) is 0 Å². The maximum Gasteiger partial charge on any atom is 0.263 e. The number of anilines is 1. The molecule has 1 heterocycles. The first-order valence-corrected chi connectivity index (χ1v) is 8.24. The Bertz CT molecular complexity index is 718. The summed E-state index contributed by atoms with van der Waals surface area (Å²) < 4.78 is 37.2. The SMILES string of the molecule is Cc1cc(NS(=O)(=O)c2ccc(OC3CCC3)cc2)no1. The molecule has 1 aromatic carbocycles. The molecule has 1 fully saturated rings. The minimum absolute atomic E-state index is 0.157. The summed E-state index contributed by atoms with van der Waals surface area (Å²) in [6.45, 7) is 1.69. The van der Waals surface area contributed by atoms with Crippen molar-refractivity contribution in [3.63, 3.8) is 0 Å². The van der Waals surface area contributed by atoms with Crippen LogP contribution in [0.4, 0.5) is 5.82 Å². The van der Waals surface area contributed by atoms with Crippen molar-refractivity contribution in [2.45, 2.75) is 37.2 Å². The number of nitrogens with one attached hydrogen (secondary N) is 1. The molecule has 0 atom stereocenters. The zero-order chi connectivity index (χ0) is 14.9. The fourth-order valence-corrected chi connectivity index (χ4v) is 2.97. The monoisotopic (exact) mass is 308 g/mol. The second-order valence-electron chi connectivity index (χ2n) is 5.07. The van der Waals surface area contributed by atoms with E-state index < -0.39 is 10.0 Å². The molecule has 0 amide bonds. The lowest BCUT2D eigenvalue weighted by atomic mass is 9.96. The molecule has 0 spiro atoms. The van der Waals surface area contributed by atoms with Gasteiger partial charge in [-0.2, -0.15) is 0 Å². The lowest BCUT2D eigenvalue weighted by molar-refractivity contribution is 0.120. The minimum atomic E-state index is -3.66. The van der Waals surface area contributed by atoms with Crippen LogP contribution in [0, 0.1) is 6.92 Å². The van der Waals surface area contributed by atoms with Crippen LogP contribution in [0.25, 0.3) is 0 Å². The molecular weight excluding hydrogens is 292 g/mol. The highest BCUT2D eigenvalue weighted by Crippen LogP contribution is 2.26. The Morgan fingerprint density at radius 1 is 1.29 bits per heavy atom. The van der Waals surface area contributed by atoms with Gasteiger partial charge in [-0.1, -0.05) is 5.16 Å². The van der Waals surface area contributed by atoms with Crippen molar-refractivity contribution in [3.05, 3.63) is 36.1 Å². The maximum absolute atomic E-state index is 12.2. The lowest BCUT2D eigenvalue weighted by Gasteiger charge is -2.26. The van der Waals surface area contributed by atoms with Gasteiger partial charge in [0.05, 0.1) is 11.0 Å². The van der Waals surface area contributed by atoms with Crippen LogP contribution in [0.2, 0.25) is 0 Å². The first-order chi connectivity index (χ1) is 10.0. The van der Waals surface area contributed by atoms with E-state index in [0.717, 1.165) is 12.8 Å². The average molecular weight is 308 g/mol. The van der Waals surface area contributed by atoms with Gasteiger partial charge in [-0.05, 0) is 50.5 Å². The number of hydrogen-bond acceptors (Lipinski definition) is 5. The van der Waals surface area contributed by atoms with Gasteiger partial charge in [0.2, 0.25) is 0 Å². The van der Waals surface area contributed by atoms with Crippen LogP contribution in [-0.2, 0) is 10.0 Å². The Morgan fingerprint density at radius 2 is 2.00 bits per heavy atom. The predicted octanol–water partition coefficient (Wildman–Crippen LogP) is 2.72. The number of aryl methyl sites for hydroxylation is 1. The van der Waals surface area contributed by atoms with Gasteiger partial charge in [-0.15, -0.1) is 0 Å². The second kappa shape index (κ2) is 5.40. The van der Waals surface area contributed by atoms with E-state index in [-0.39, 0.29) is 16.8 Å². The van der Waals surface area contributed by atoms with Crippen molar-refractivity contribution in [3.8, 4) is 5.75 Å². The molecule has 0 bridgehead atoms. The van der Waals surface area contributed by atoms with Crippen LogP contribution in [0.1, 0.15) is 25.0 Å². The quantitative estimate of drug-likeness (QED) is 0.918. The fourth-order valence-electron chi connectivity index (χ4n) is 1.99. The van der Waals surface area contributed by atoms with E-state index in [9.17, 15) is 8.42 Å². The molecule has 1 aliphatic carbocycles. The summed E-state index contributed by atoms with van der Waals surface area (Å²) >= 11 is 0. The van der Waals surface area contributed by atoms with Crippen LogP contribution in [0.15, 0.2) is 39.8 Å². The van der Waals surface area contributed by atoms with Crippen molar-refractivity contribution in [1.29, 1.82) is 0 Å². The number of ether oxygens (including phenoxy) is 1. The molecule has 1 saturated carbocycles. The third kappa shape index (κ3) is 3.18. The smallest absolute Gasteiger partial charge is 0.263 e. The molecule has 1 aromatic heterocycles. The maximum atomic E-state index is 12.2. The standard InChI is InChI=1S/C14H16N2O4S/c1-10-9-14(15-20-10)16-21(17,18)13-7-5-12(6-8-13)19-11-3-2-4-11/h5-9,11H,2-4H2,1H3,(H,15,16). The topological polar surface area (TPSA) is 81.4 Å². The summed E-state index contributed by atoms with van der Waals surface area (Å²) in [5, 5.41) is 3.61. The van der Waals surface area contributed by atoms with E-state index in [1.165, 1.54) is 24.6 Å². The summed E-state index contributed by atoms with van der Waals surface area (Å²) in [5.41, 5.74) is 0. The van der Waals surface area contributed by atoms with Gasteiger partial charge < -0.3 is 9.26 Å². The average Bonchev–Trinajstić information content (AvgIpc) is 2.79. The number of rotatable bonds is 5. The fraction of sp³-hybridized carbons (Fsp3) is 0.357. The van der Waals surface area contributed by atoms with Crippen molar-refractivity contribution in [1.82, 2.24) is 5.16 Å². The highest BCUT2D eigenvalue weighted by atomic mass is 32.2. The highest BCUT2D eigenvalue weighted by molar-refractivity contribution is 7.92. The first-order valence-electron chi connectivity index (χ1n) is 6.76. The third-order valence-electron chi connectivity index (χ3n) is 3.36. The zero-order valence-electron chi connectivity index (χ0n) is 11.6. The van der Waals surface area contributed by atoms with Crippen molar-refractivity contribution < 1.29 is 17.7 Å². The van der Waals surface area contributed by atoms with Gasteiger partial charge in [-0.3, -0.25) is 4.72 Å². The molecule has 1 N–H and O–H groups in total. The highest BCUT2D eigenvalue weighted by Gasteiger charge is 2.20. The number of hydrogen-bond donors (Lipinski definition) is 1. The number of benzene rings is 1. The van der Waals surface area contributed by atoms with Crippen molar-refractivity contribution in [2.24, 2.45) is 0 Å². The molecule has 1 aliphatic rings. The van der Waals surface area contributed by atoms with Crippen LogP contribution < -0.4 is 9.46 Å². The largest absolute Gasteiger partial charge is 0.490 e. The molecule has 21 heavy (non-hydrogen) atoms. The van der Waals surface area contributed by atoms with Crippen LogP contribution in [-0.4, -0.2) is 19.7 Å². The zero-order valence-corrected chi connectivity index (χ0v) is 12.4. The number of sulfonamides is 1. The van der Waals surface area contributed by atoms with E-state index in [1.807, 2.05) is 0 Å². The Labute approximate surface area is 123 Å². The normalized spacial score (nSPS) is 15.5. The molecule has 7 heteroatoms. The van der Waals surface area contributed by atoms with Gasteiger partial charge in [0.15, 0.2) is 5.82 Å². The molecule has 6 nitrogen and oxygen atoms in total. The third-order valence-corrected chi connectivity index (χ3v) is 4.73. The molecule has 0 radical (unpaired) electrons. The first kappa shape index (κ1) is 13.9. The Kier molecular flexibility index (Phi) is 3.59.